The highest BCUT2D eigenvalue weighted by atomic mass is 16.5. The molecule has 2 nitrogen and oxygen atoms in total. The van der Waals surface area contributed by atoms with Crippen LogP contribution in [0.4, 0.5) is 0 Å². The van der Waals surface area contributed by atoms with Gasteiger partial charge in [-0.1, -0.05) is 72.8 Å². The highest BCUT2D eigenvalue weighted by Crippen LogP contribution is 2.18. The largest absolute Gasteiger partial charge is 0.390 e. The number of ether oxygens (including phenoxy) is 1. The van der Waals surface area contributed by atoms with Gasteiger partial charge in [-0.15, -0.1) is 0 Å². The van der Waals surface area contributed by atoms with Crippen LogP contribution in [-0.4, -0.2) is 17.3 Å². The van der Waals surface area contributed by atoms with Crippen molar-refractivity contribution in [2.45, 2.75) is 38.6 Å². The van der Waals surface area contributed by atoms with Gasteiger partial charge in [-0.3, -0.25) is 0 Å². The predicted molar refractivity (Wildman–Crippen MR) is 99.0 cm³/mol. The van der Waals surface area contributed by atoms with Crippen LogP contribution in [0.5, 0.6) is 0 Å². The molecule has 0 amide bonds. The fourth-order valence-corrected chi connectivity index (χ4v) is 2.86. The first-order chi connectivity index (χ1) is 11.7. The van der Waals surface area contributed by atoms with Crippen molar-refractivity contribution in [2.75, 3.05) is 0 Å². The Morgan fingerprint density at radius 3 is 2.33 bits per heavy atom. The number of aliphatic hydroxyl groups is 1. The quantitative estimate of drug-likeness (QED) is 0.681. The third-order valence-corrected chi connectivity index (χ3v) is 4.44. The fraction of sp³-hybridized carbons (Fsp3) is 0.273. The summed E-state index contributed by atoms with van der Waals surface area (Å²) in [6, 6.07) is 24.9. The molecule has 3 rings (SSSR count). The van der Waals surface area contributed by atoms with Crippen molar-refractivity contribution < 1.29 is 9.84 Å². The highest BCUT2D eigenvalue weighted by Gasteiger charge is 2.15. The van der Waals surface area contributed by atoms with Gasteiger partial charge in [0.25, 0.3) is 0 Å². The Morgan fingerprint density at radius 2 is 1.54 bits per heavy atom. The van der Waals surface area contributed by atoms with Gasteiger partial charge in [0.1, 0.15) is 0 Å². The van der Waals surface area contributed by atoms with E-state index in [1.807, 2.05) is 37.3 Å². The van der Waals surface area contributed by atoms with E-state index in [2.05, 4.69) is 42.5 Å². The molecule has 0 saturated heterocycles. The van der Waals surface area contributed by atoms with E-state index in [9.17, 15) is 5.11 Å². The van der Waals surface area contributed by atoms with Crippen molar-refractivity contribution in [1.82, 2.24) is 0 Å². The van der Waals surface area contributed by atoms with E-state index >= 15 is 0 Å². The Kier molecular flexibility index (Phi) is 5.63. The summed E-state index contributed by atoms with van der Waals surface area (Å²) in [5.41, 5.74) is 2.38. The monoisotopic (exact) mass is 320 g/mol. The van der Waals surface area contributed by atoms with Crippen LogP contribution >= 0.6 is 0 Å². The van der Waals surface area contributed by atoms with E-state index < -0.39 is 6.10 Å². The van der Waals surface area contributed by atoms with Gasteiger partial charge in [-0.25, -0.2) is 0 Å². The number of rotatable bonds is 7. The van der Waals surface area contributed by atoms with Crippen LogP contribution < -0.4 is 0 Å². The Morgan fingerprint density at radius 1 is 0.833 bits per heavy atom. The van der Waals surface area contributed by atoms with Crippen LogP contribution in [0.3, 0.4) is 0 Å². The molecule has 0 heterocycles. The highest BCUT2D eigenvalue weighted by molar-refractivity contribution is 5.82. The molecule has 0 saturated carbocycles. The van der Waals surface area contributed by atoms with E-state index in [0.29, 0.717) is 13.0 Å². The van der Waals surface area contributed by atoms with Gasteiger partial charge in [0.05, 0.1) is 18.8 Å². The molecule has 2 atom stereocenters. The van der Waals surface area contributed by atoms with Crippen molar-refractivity contribution in [1.29, 1.82) is 0 Å². The maximum absolute atomic E-state index is 10.3. The maximum atomic E-state index is 10.3. The standard InChI is InChI=1S/C22H24O2/c1-17(24-16-19-7-3-2-4-8-19)22(23)14-12-18-11-13-20-9-5-6-10-21(20)15-18/h2-11,13,15,17,22-23H,12,14,16H2,1H3/t17-,22-/m0/s1. The van der Waals surface area contributed by atoms with E-state index in [-0.39, 0.29) is 6.10 Å². The van der Waals surface area contributed by atoms with Gasteiger partial charge < -0.3 is 9.84 Å². The Balaban J connectivity index is 1.51. The Hall–Kier alpha value is -2.16. The number of aryl methyl sites for hydroxylation is 1. The SMILES string of the molecule is C[C@H](OCc1ccccc1)[C@@H](O)CCc1ccc2ccccc2c1. The molecule has 3 aromatic rings. The van der Waals surface area contributed by atoms with E-state index in [4.69, 9.17) is 4.74 Å². The van der Waals surface area contributed by atoms with Crippen molar-refractivity contribution in [3.05, 3.63) is 83.9 Å². The van der Waals surface area contributed by atoms with Crippen LogP contribution in [-0.2, 0) is 17.8 Å². The summed E-state index contributed by atoms with van der Waals surface area (Å²) in [7, 11) is 0. The number of benzene rings is 3. The second-order valence-corrected chi connectivity index (χ2v) is 6.29. The second-order valence-electron chi connectivity index (χ2n) is 6.29. The summed E-state index contributed by atoms with van der Waals surface area (Å²) in [6.45, 7) is 2.48. The molecule has 0 aliphatic rings. The molecule has 0 fully saturated rings. The molecule has 3 aromatic carbocycles. The molecule has 0 bridgehead atoms. The first-order valence-electron chi connectivity index (χ1n) is 8.53. The Bertz CT molecular complexity index is 767. The van der Waals surface area contributed by atoms with Gasteiger partial charge in [0.2, 0.25) is 0 Å². The third-order valence-electron chi connectivity index (χ3n) is 4.44. The summed E-state index contributed by atoms with van der Waals surface area (Å²) >= 11 is 0. The Labute approximate surface area is 143 Å². The third kappa shape index (κ3) is 4.44. The molecule has 2 heteroatoms. The zero-order valence-corrected chi connectivity index (χ0v) is 14.1. The summed E-state index contributed by atoms with van der Waals surface area (Å²) in [4.78, 5) is 0. The lowest BCUT2D eigenvalue weighted by atomic mass is 10.0. The maximum Gasteiger partial charge on any atom is 0.0810 e. The number of aliphatic hydroxyl groups excluding tert-OH is 1. The molecule has 1 N–H and O–H groups in total. The first-order valence-corrected chi connectivity index (χ1v) is 8.53. The van der Waals surface area contributed by atoms with E-state index in [1.54, 1.807) is 0 Å². The van der Waals surface area contributed by atoms with E-state index in [1.165, 1.54) is 16.3 Å². The number of hydrogen-bond acceptors (Lipinski definition) is 2. The molecular formula is C22H24O2. The predicted octanol–water partition coefficient (Wildman–Crippen LogP) is 4.74. The van der Waals surface area contributed by atoms with Crippen LogP contribution in [0.25, 0.3) is 10.8 Å². The second kappa shape index (κ2) is 8.09. The van der Waals surface area contributed by atoms with Gasteiger partial charge in [0.15, 0.2) is 0 Å². The summed E-state index contributed by atoms with van der Waals surface area (Å²) in [5, 5.41) is 12.8. The van der Waals surface area contributed by atoms with Crippen LogP contribution in [0.2, 0.25) is 0 Å². The molecule has 0 radical (unpaired) electrons. The average Bonchev–Trinajstić information content (AvgIpc) is 2.64. The van der Waals surface area contributed by atoms with E-state index in [0.717, 1.165) is 12.0 Å². The van der Waals surface area contributed by atoms with Gasteiger partial charge in [-0.05, 0) is 41.7 Å². The summed E-state index contributed by atoms with van der Waals surface area (Å²) in [6.07, 6.45) is 0.921. The molecular weight excluding hydrogens is 296 g/mol. The molecule has 124 valence electrons. The van der Waals surface area contributed by atoms with Gasteiger partial charge in [-0.2, -0.15) is 0 Å². The lowest BCUT2D eigenvalue weighted by molar-refractivity contribution is -0.0377. The minimum atomic E-state index is -0.458. The summed E-state index contributed by atoms with van der Waals surface area (Å²) in [5.74, 6) is 0. The summed E-state index contributed by atoms with van der Waals surface area (Å²) < 4.78 is 5.80. The zero-order valence-electron chi connectivity index (χ0n) is 14.1. The van der Waals surface area contributed by atoms with Gasteiger partial charge >= 0.3 is 0 Å². The average molecular weight is 320 g/mol. The molecule has 0 aromatic heterocycles. The van der Waals surface area contributed by atoms with Crippen molar-refractivity contribution in [3.8, 4) is 0 Å². The van der Waals surface area contributed by atoms with Crippen molar-refractivity contribution >= 4 is 10.8 Å². The number of fused-ring (bicyclic) bond motifs is 1. The molecule has 0 spiro atoms. The molecule has 24 heavy (non-hydrogen) atoms. The molecule has 0 aliphatic carbocycles. The van der Waals surface area contributed by atoms with Gasteiger partial charge in [0, 0.05) is 0 Å². The fourth-order valence-electron chi connectivity index (χ4n) is 2.86. The van der Waals surface area contributed by atoms with Crippen LogP contribution in [0.15, 0.2) is 72.8 Å². The minimum absolute atomic E-state index is 0.175. The lowest BCUT2D eigenvalue weighted by Crippen LogP contribution is -2.26. The normalized spacial score (nSPS) is 13.8. The van der Waals surface area contributed by atoms with Crippen LogP contribution in [0, 0.1) is 0 Å². The number of hydrogen-bond donors (Lipinski definition) is 1. The first kappa shape index (κ1) is 16.7. The van der Waals surface area contributed by atoms with Crippen molar-refractivity contribution in [2.24, 2.45) is 0 Å². The zero-order chi connectivity index (χ0) is 16.8. The minimum Gasteiger partial charge on any atom is -0.390 e. The lowest BCUT2D eigenvalue weighted by Gasteiger charge is -2.19. The molecule has 0 unspecified atom stereocenters. The van der Waals surface area contributed by atoms with Crippen molar-refractivity contribution in [3.63, 3.8) is 0 Å². The smallest absolute Gasteiger partial charge is 0.0810 e. The topological polar surface area (TPSA) is 29.5 Å². The molecule has 0 aliphatic heterocycles. The van der Waals surface area contributed by atoms with Crippen LogP contribution in [0.1, 0.15) is 24.5 Å².